The van der Waals surface area contributed by atoms with Crippen LogP contribution in [0.1, 0.15) is 18.0 Å². The number of halogens is 3. The summed E-state index contributed by atoms with van der Waals surface area (Å²) < 4.78 is 12.3. The van der Waals surface area contributed by atoms with Crippen molar-refractivity contribution in [2.75, 3.05) is 6.67 Å². The van der Waals surface area contributed by atoms with Gasteiger partial charge in [-0.05, 0) is 22.4 Å². The molecule has 0 unspecified atom stereocenters. The number of alkyl halides is 1. The van der Waals surface area contributed by atoms with E-state index in [9.17, 15) is 19.6 Å². The van der Waals surface area contributed by atoms with E-state index in [0.717, 1.165) is 6.07 Å². The Bertz CT molecular complexity index is 419. The number of phenols is 1. The van der Waals surface area contributed by atoms with Crippen LogP contribution in [0.3, 0.4) is 0 Å². The molecule has 1 atom stereocenters. The first-order chi connectivity index (χ1) is 7.47. The smallest absolute Gasteiger partial charge is 0.271 e. The third kappa shape index (κ3) is 3.79. The van der Waals surface area contributed by atoms with Crippen LogP contribution in [0.25, 0.3) is 0 Å². The highest BCUT2D eigenvalue weighted by atomic mass is 79.9. The summed E-state index contributed by atoms with van der Waals surface area (Å²) in [6, 6.07) is 1.56. The second-order valence-electron chi connectivity index (χ2n) is 3.21. The minimum Gasteiger partial charge on any atom is -0.506 e. The van der Waals surface area contributed by atoms with Crippen LogP contribution < -0.4 is 5.73 Å². The molecule has 0 amide bonds. The van der Waals surface area contributed by atoms with Crippen LogP contribution in [0.2, 0.25) is 0 Å². The number of benzene rings is 1. The van der Waals surface area contributed by atoms with Gasteiger partial charge in [-0.1, -0.05) is 0 Å². The van der Waals surface area contributed by atoms with Gasteiger partial charge in [-0.25, -0.2) is 0 Å². The average Bonchev–Trinajstić information content (AvgIpc) is 2.21. The number of phenolic OH excluding ortho intramolecular Hbond substituents is 1. The molecule has 5 nitrogen and oxygen atoms in total. The van der Waals surface area contributed by atoms with Crippen LogP contribution in [-0.2, 0) is 0 Å². The topological polar surface area (TPSA) is 89.4 Å². The van der Waals surface area contributed by atoms with Crippen molar-refractivity contribution < 1.29 is 14.4 Å². The first-order valence-electron chi connectivity index (χ1n) is 4.45. The Kier molecular flexibility index (Phi) is 6.36. The molecular formula is C9H11BrClFN2O3. The van der Waals surface area contributed by atoms with E-state index in [2.05, 4.69) is 15.9 Å². The van der Waals surface area contributed by atoms with Crippen LogP contribution in [0.15, 0.2) is 16.6 Å². The number of nitro benzene ring substituents is 1. The summed E-state index contributed by atoms with van der Waals surface area (Å²) in [7, 11) is 0. The van der Waals surface area contributed by atoms with E-state index in [0.29, 0.717) is 0 Å². The lowest BCUT2D eigenvalue weighted by molar-refractivity contribution is -0.385. The molecule has 96 valence electrons. The summed E-state index contributed by atoms with van der Waals surface area (Å²) in [6.07, 6.45) is 0.00116. The molecule has 1 aromatic rings. The number of hydrogen-bond donors (Lipinski definition) is 2. The quantitative estimate of drug-likeness (QED) is 0.656. The van der Waals surface area contributed by atoms with Gasteiger partial charge in [0, 0.05) is 23.7 Å². The van der Waals surface area contributed by atoms with Gasteiger partial charge in [0.2, 0.25) is 0 Å². The Hall–Kier alpha value is -0.920. The van der Waals surface area contributed by atoms with Crippen molar-refractivity contribution in [3.63, 3.8) is 0 Å². The Morgan fingerprint density at radius 3 is 2.65 bits per heavy atom. The lowest BCUT2D eigenvalue weighted by Gasteiger charge is -2.12. The van der Waals surface area contributed by atoms with Crippen LogP contribution >= 0.6 is 28.3 Å². The summed E-state index contributed by atoms with van der Waals surface area (Å²) in [5, 5.41) is 20.2. The van der Waals surface area contributed by atoms with Crippen LogP contribution in [0.5, 0.6) is 5.75 Å². The number of hydrogen-bond acceptors (Lipinski definition) is 4. The normalized spacial score (nSPS) is 11.7. The van der Waals surface area contributed by atoms with Crippen molar-refractivity contribution in [3.05, 3.63) is 32.3 Å². The zero-order valence-corrected chi connectivity index (χ0v) is 11.0. The molecule has 0 aliphatic rings. The van der Waals surface area contributed by atoms with Gasteiger partial charge in [0.1, 0.15) is 5.75 Å². The van der Waals surface area contributed by atoms with E-state index >= 15 is 0 Å². The number of nitro groups is 1. The molecule has 17 heavy (non-hydrogen) atoms. The fourth-order valence-electron chi connectivity index (χ4n) is 1.27. The Morgan fingerprint density at radius 2 is 2.18 bits per heavy atom. The molecule has 0 bridgehead atoms. The van der Waals surface area contributed by atoms with E-state index in [-0.39, 0.29) is 40.3 Å². The van der Waals surface area contributed by atoms with Gasteiger partial charge < -0.3 is 10.8 Å². The van der Waals surface area contributed by atoms with Crippen LogP contribution in [-0.4, -0.2) is 16.7 Å². The summed E-state index contributed by atoms with van der Waals surface area (Å²) in [5.41, 5.74) is 5.57. The molecule has 0 aliphatic heterocycles. The van der Waals surface area contributed by atoms with E-state index < -0.39 is 17.6 Å². The van der Waals surface area contributed by atoms with Crippen molar-refractivity contribution in [1.82, 2.24) is 0 Å². The number of rotatable bonds is 4. The summed E-state index contributed by atoms with van der Waals surface area (Å²) in [4.78, 5) is 9.98. The minimum atomic E-state index is -0.763. The molecule has 0 heterocycles. The number of aromatic hydroxyl groups is 1. The van der Waals surface area contributed by atoms with Gasteiger partial charge in [-0.15, -0.1) is 12.4 Å². The number of nitrogens with two attached hydrogens (primary N) is 1. The zero-order chi connectivity index (χ0) is 12.3. The van der Waals surface area contributed by atoms with E-state index in [1.54, 1.807) is 0 Å². The van der Waals surface area contributed by atoms with Gasteiger partial charge in [0.15, 0.2) is 0 Å². The zero-order valence-electron chi connectivity index (χ0n) is 8.60. The maximum absolute atomic E-state index is 12.1. The largest absolute Gasteiger partial charge is 0.506 e. The molecule has 0 aliphatic carbocycles. The molecule has 0 spiro atoms. The lowest BCUT2D eigenvalue weighted by atomic mass is 10.0. The standard InChI is InChI=1S/C9H10BrFN2O3.ClH/c10-7-4-5(13(15)16)3-6(9(7)14)8(12)1-2-11;/h3-4,8,14H,1-2,12H2;1H/t8-;/m0./s1. The summed E-state index contributed by atoms with van der Waals surface area (Å²) in [5.74, 6) is -0.188. The Labute approximate surface area is 111 Å². The molecule has 0 radical (unpaired) electrons. The highest BCUT2D eigenvalue weighted by Gasteiger charge is 2.19. The number of nitrogens with zero attached hydrogens (tertiary/aromatic N) is 1. The average molecular weight is 330 g/mol. The molecule has 8 heteroatoms. The molecule has 0 saturated heterocycles. The third-order valence-electron chi connectivity index (χ3n) is 2.11. The Morgan fingerprint density at radius 1 is 1.59 bits per heavy atom. The summed E-state index contributed by atoms with van der Waals surface area (Å²) >= 11 is 2.98. The van der Waals surface area contributed by atoms with E-state index in [1.165, 1.54) is 6.07 Å². The highest BCUT2D eigenvalue weighted by Crippen LogP contribution is 2.36. The second-order valence-corrected chi connectivity index (χ2v) is 4.06. The molecular weight excluding hydrogens is 318 g/mol. The van der Waals surface area contributed by atoms with Gasteiger partial charge in [-0.3, -0.25) is 14.5 Å². The maximum atomic E-state index is 12.1. The third-order valence-corrected chi connectivity index (χ3v) is 2.71. The fraction of sp³-hybridized carbons (Fsp3) is 0.333. The van der Waals surface area contributed by atoms with Crippen molar-refractivity contribution in [2.24, 2.45) is 5.73 Å². The van der Waals surface area contributed by atoms with Crippen molar-refractivity contribution in [1.29, 1.82) is 0 Å². The number of non-ortho nitro benzene ring substituents is 1. The monoisotopic (exact) mass is 328 g/mol. The summed E-state index contributed by atoms with van der Waals surface area (Å²) in [6.45, 7) is -0.652. The van der Waals surface area contributed by atoms with Gasteiger partial charge in [0.05, 0.1) is 16.1 Å². The van der Waals surface area contributed by atoms with Gasteiger partial charge >= 0.3 is 0 Å². The van der Waals surface area contributed by atoms with Crippen molar-refractivity contribution in [3.8, 4) is 5.75 Å². The SMILES string of the molecule is Cl.N[C@@H](CCF)c1cc([N+](=O)[O-])cc(Br)c1O. The predicted molar refractivity (Wildman–Crippen MR) is 67.2 cm³/mol. The van der Waals surface area contributed by atoms with Gasteiger partial charge in [-0.2, -0.15) is 0 Å². The van der Waals surface area contributed by atoms with Crippen LogP contribution in [0, 0.1) is 10.1 Å². The fourth-order valence-corrected chi connectivity index (χ4v) is 1.73. The van der Waals surface area contributed by atoms with Crippen LogP contribution in [0.4, 0.5) is 10.1 Å². The Balaban J connectivity index is 0.00000256. The molecule has 1 aromatic carbocycles. The van der Waals surface area contributed by atoms with Crippen molar-refractivity contribution >= 4 is 34.0 Å². The molecule has 0 aromatic heterocycles. The highest BCUT2D eigenvalue weighted by molar-refractivity contribution is 9.10. The van der Waals surface area contributed by atoms with Gasteiger partial charge in [0.25, 0.3) is 5.69 Å². The molecule has 1 rings (SSSR count). The van der Waals surface area contributed by atoms with E-state index in [4.69, 9.17) is 5.73 Å². The first-order valence-corrected chi connectivity index (χ1v) is 5.25. The first kappa shape index (κ1) is 16.1. The minimum absolute atomic E-state index is 0. The molecule has 0 fully saturated rings. The van der Waals surface area contributed by atoms with Crippen molar-refractivity contribution in [2.45, 2.75) is 12.5 Å². The van der Waals surface area contributed by atoms with E-state index in [1.807, 2.05) is 0 Å². The second kappa shape index (κ2) is 6.73. The molecule has 0 saturated carbocycles. The predicted octanol–water partition coefficient (Wildman–Crippen LogP) is 2.84. The maximum Gasteiger partial charge on any atom is 0.271 e. The lowest BCUT2D eigenvalue weighted by Crippen LogP contribution is -2.11. The molecule has 3 N–H and O–H groups in total.